The first-order valence-corrected chi connectivity index (χ1v) is 7.34. The van der Waals surface area contributed by atoms with Gasteiger partial charge in [-0.3, -0.25) is 14.5 Å². The van der Waals surface area contributed by atoms with Gasteiger partial charge in [-0.05, 0) is 26.7 Å². The lowest BCUT2D eigenvalue weighted by atomic mass is 9.97. The molecule has 0 aromatic rings. The Morgan fingerprint density at radius 1 is 1.15 bits per heavy atom. The fourth-order valence-corrected chi connectivity index (χ4v) is 3.08. The van der Waals surface area contributed by atoms with E-state index in [0.29, 0.717) is 32.5 Å². The summed E-state index contributed by atoms with van der Waals surface area (Å²) >= 11 is 0. The third kappa shape index (κ3) is 3.93. The summed E-state index contributed by atoms with van der Waals surface area (Å²) in [5.74, 6) is -0.925. The Kier molecular flexibility index (Phi) is 4.99. The van der Waals surface area contributed by atoms with Gasteiger partial charge in [0, 0.05) is 26.2 Å². The quantitative estimate of drug-likeness (QED) is 0.813. The van der Waals surface area contributed by atoms with Crippen LogP contribution < -0.4 is 0 Å². The fourth-order valence-electron chi connectivity index (χ4n) is 3.08. The van der Waals surface area contributed by atoms with Crippen molar-refractivity contribution in [2.24, 2.45) is 5.92 Å². The van der Waals surface area contributed by atoms with Crippen molar-refractivity contribution in [1.82, 2.24) is 9.80 Å². The number of aliphatic carboxylic acids is 1. The molecule has 0 saturated carbocycles. The van der Waals surface area contributed by atoms with Gasteiger partial charge in [0.2, 0.25) is 5.91 Å². The van der Waals surface area contributed by atoms with Crippen LogP contribution in [0.5, 0.6) is 0 Å². The highest BCUT2D eigenvalue weighted by molar-refractivity contribution is 5.79. The summed E-state index contributed by atoms with van der Waals surface area (Å²) in [6, 6.07) is 0. The molecule has 2 rings (SSSR count). The Hall–Kier alpha value is -1.14. The standard InChI is InChI=1S/C14H24N2O4/c1-10-7-15(8-11(2)20-10)9-13(17)16-5-3-12(4-6-16)14(18)19/h10-12H,3-9H2,1-2H3,(H,18,19)/t10-,11+. The normalized spacial score (nSPS) is 29.4. The molecule has 0 unspecified atom stereocenters. The Labute approximate surface area is 119 Å². The molecule has 0 aromatic heterocycles. The van der Waals surface area contributed by atoms with E-state index in [1.54, 1.807) is 4.90 Å². The molecule has 2 saturated heterocycles. The Balaban J connectivity index is 1.79. The van der Waals surface area contributed by atoms with E-state index < -0.39 is 5.97 Å². The number of carbonyl (C=O) groups excluding carboxylic acids is 1. The summed E-state index contributed by atoms with van der Waals surface area (Å²) in [5.41, 5.74) is 0. The van der Waals surface area contributed by atoms with Crippen LogP contribution in [0.15, 0.2) is 0 Å². The van der Waals surface area contributed by atoms with Crippen LogP contribution >= 0.6 is 0 Å². The zero-order valence-corrected chi connectivity index (χ0v) is 12.2. The largest absolute Gasteiger partial charge is 0.481 e. The summed E-state index contributed by atoms with van der Waals surface area (Å²) in [4.78, 5) is 27.1. The minimum Gasteiger partial charge on any atom is -0.481 e. The van der Waals surface area contributed by atoms with Gasteiger partial charge in [-0.1, -0.05) is 0 Å². The van der Waals surface area contributed by atoms with Crippen molar-refractivity contribution in [3.8, 4) is 0 Å². The number of amides is 1. The molecule has 6 nitrogen and oxygen atoms in total. The maximum absolute atomic E-state index is 12.3. The lowest BCUT2D eigenvalue weighted by molar-refractivity contribution is -0.146. The van der Waals surface area contributed by atoms with E-state index >= 15 is 0 Å². The van der Waals surface area contributed by atoms with Crippen LogP contribution in [0.2, 0.25) is 0 Å². The topological polar surface area (TPSA) is 70.1 Å². The summed E-state index contributed by atoms with van der Waals surface area (Å²) in [6.45, 7) is 7.13. The molecular formula is C14H24N2O4. The number of likely N-dealkylation sites (tertiary alicyclic amines) is 1. The van der Waals surface area contributed by atoms with Crippen LogP contribution in [0.1, 0.15) is 26.7 Å². The van der Waals surface area contributed by atoms with Gasteiger partial charge in [0.1, 0.15) is 0 Å². The number of ether oxygens (including phenoxy) is 1. The molecule has 2 aliphatic rings. The average molecular weight is 284 g/mol. The van der Waals surface area contributed by atoms with Gasteiger partial charge < -0.3 is 14.7 Å². The molecule has 2 aliphatic heterocycles. The zero-order chi connectivity index (χ0) is 14.7. The Morgan fingerprint density at radius 2 is 1.70 bits per heavy atom. The maximum atomic E-state index is 12.3. The number of piperidine rings is 1. The molecule has 6 heteroatoms. The second-order valence-corrected chi connectivity index (χ2v) is 5.94. The van der Waals surface area contributed by atoms with E-state index in [1.807, 2.05) is 13.8 Å². The molecule has 0 radical (unpaired) electrons. The van der Waals surface area contributed by atoms with Gasteiger partial charge >= 0.3 is 5.97 Å². The molecule has 2 fully saturated rings. The minimum absolute atomic E-state index is 0.107. The fraction of sp³-hybridized carbons (Fsp3) is 0.857. The number of carboxylic acids is 1. The van der Waals surface area contributed by atoms with Crippen molar-refractivity contribution in [3.05, 3.63) is 0 Å². The third-order valence-electron chi connectivity index (χ3n) is 4.05. The van der Waals surface area contributed by atoms with Crippen molar-refractivity contribution in [2.45, 2.75) is 38.9 Å². The molecule has 0 aliphatic carbocycles. The van der Waals surface area contributed by atoms with Gasteiger partial charge in [-0.25, -0.2) is 0 Å². The van der Waals surface area contributed by atoms with E-state index in [1.165, 1.54) is 0 Å². The van der Waals surface area contributed by atoms with Crippen LogP contribution in [0.3, 0.4) is 0 Å². The third-order valence-corrected chi connectivity index (χ3v) is 4.05. The number of rotatable bonds is 3. The predicted octanol–water partition coefficient (Wildman–Crippen LogP) is 0.419. The molecule has 0 aromatic carbocycles. The van der Waals surface area contributed by atoms with Gasteiger partial charge in [0.05, 0.1) is 24.7 Å². The molecule has 2 heterocycles. The van der Waals surface area contributed by atoms with Crippen LogP contribution in [0, 0.1) is 5.92 Å². The van der Waals surface area contributed by atoms with Gasteiger partial charge in [0.15, 0.2) is 0 Å². The summed E-state index contributed by atoms with van der Waals surface area (Å²) in [5, 5.41) is 8.96. The average Bonchev–Trinajstić information content (AvgIpc) is 2.37. The van der Waals surface area contributed by atoms with Crippen LogP contribution in [0.25, 0.3) is 0 Å². The van der Waals surface area contributed by atoms with Crippen LogP contribution in [-0.2, 0) is 14.3 Å². The first-order chi connectivity index (χ1) is 9.45. The number of morpholine rings is 1. The van der Waals surface area contributed by atoms with E-state index in [2.05, 4.69) is 4.90 Å². The van der Waals surface area contributed by atoms with Crippen LogP contribution in [-0.4, -0.2) is 71.7 Å². The summed E-state index contributed by atoms with van der Waals surface area (Å²) < 4.78 is 5.65. The molecule has 1 amide bonds. The highest BCUT2D eigenvalue weighted by Crippen LogP contribution is 2.18. The number of nitrogens with zero attached hydrogens (tertiary/aromatic N) is 2. The molecule has 0 bridgehead atoms. The maximum Gasteiger partial charge on any atom is 0.306 e. The van der Waals surface area contributed by atoms with E-state index in [0.717, 1.165) is 13.1 Å². The zero-order valence-electron chi connectivity index (χ0n) is 12.2. The lowest BCUT2D eigenvalue weighted by Crippen LogP contribution is -2.51. The second-order valence-electron chi connectivity index (χ2n) is 5.94. The molecule has 114 valence electrons. The highest BCUT2D eigenvalue weighted by Gasteiger charge is 2.29. The second kappa shape index (κ2) is 6.54. The molecule has 1 N–H and O–H groups in total. The molecule has 0 spiro atoms. The predicted molar refractivity (Wildman–Crippen MR) is 73.4 cm³/mol. The molecule has 2 atom stereocenters. The number of carboxylic acid groups (broad SMARTS) is 1. The Bertz CT molecular complexity index is 356. The van der Waals surface area contributed by atoms with E-state index in [9.17, 15) is 9.59 Å². The van der Waals surface area contributed by atoms with E-state index in [-0.39, 0.29) is 24.0 Å². The molecule has 20 heavy (non-hydrogen) atoms. The lowest BCUT2D eigenvalue weighted by Gasteiger charge is -2.37. The van der Waals surface area contributed by atoms with E-state index in [4.69, 9.17) is 9.84 Å². The van der Waals surface area contributed by atoms with Crippen molar-refractivity contribution in [2.75, 3.05) is 32.7 Å². The SMILES string of the molecule is C[C@@H]1CN(CC(=O)N2CCC(C(=O)O)CC2)C[C@H](C)O1. The van der Waals surface area contributed by atoms with Gasteiger partial charge in [-0.15, -0.1) is 0 Å². The monoisotopic (exact) mass is 284 g/mol. The summed E-state index contributed by atoms with van der Waals surface area (Å²) in [7, 11) is 0. The highest BCUT2D eigenvalue weighted by atomic mass is 16.5. The Morgan fingerprint density at radius 3 is 2.20 bits per heavy atom. The first-order valence-electron chi connectivity index (χ1n) is 7.34. The van der Waals surface area contributed by atoms with Gasteiger partial charge in [-0.2, -0.15) is 0 Å². The minimum atomic E-state index is -0.743. The summed E-state index contributed by atoms with van der Waals surface area (Å²) in [6.07, 6.45) is 1.45. The van der Waals surface area contributed by atoms with Crippen molar-refractivity contribution >= 4 is 11.9 Å². The number of hydrogen-bond acceptors (Lipinski definition) is 4. The van der Waals surface area contributed by atoms with Crippen molar-refractivity contribution in [3.63, 3.8) is 0 Å². The first kappa shape index (κ1) is 15.3. The number of hydrogen-bond donors (Lipinski definition) is 1. The van der Waals surface area contributed by atoms with Crippen molar-refractivity contribution in [1.29, 1.82) is 0 Å². The number of carbonyl (C=O) groups is 2. The smallest absolute Gasteiger partial charge is 0.306 e. The van der Waals surface area contributed by atoms with Crippen molar-refractivity contribution < 1.29 is 19.4 Å². The van der Waals surface area contributed by atoms with Crippen LogP contribution in [0.4, 0.5) is 0 Å². The molecular weight excluding hydrogens is 260 g/mol. The van der Waals surface area contributed by atoms with Gasteiger partial charge in [0.25, 0.3) is 0 Å².